The van der Waals surface area contributed by atoms with Gasteiger partial charge in [0.15, 0.2) is 5.82 Å². The molecule has 0 aliphatic carbocycles. The molecule has 2 N–H and O–H groups in total. The number of hydrogen-bond acceptors (Lipinski definition) is 5. The van der Waals surface area contributed by atoms with Crippen molar-refractivity contribution in [3.63, 3.8) is 0 Å². The summed E-state index contributed by atoms with van der Waals surface area (Å²) in [7, 11) is 1.73. The van der Waals surface area contributed by atoms with Crippen LogP contribution in [0.25, 0.3) is 11.3 Å². The zero-order valence-electron chi connectivity index (χ0n) is 13.8. The molecule has 25 heavy (non-hydrogen) atoms. The van der Waals surface area contributed by atoms with Crippen LogP contribution in [0, 0.1) is 0 Å². The number of hydrogen-bond donors (Lipinski definition) is 2. The number of carbonyl (C=O) groups excluding carboxylic acids is 1. The third-order valence-electron chi connectivity index (χ3n) is 4.14. The molecule has 3 aromatic rings. The summed E-state index contributed by atoms with van der Waals surface area (Å²) in [6.45, 7) is 0.727. The molecule has 8 heteroatoms. The molecule has 1 aliphatic heterocycles. The van der Waals surface area contributed by atoms with Gasteiger partial charge in [0.2, 0.25) is 5.95 Å². The summed E-state index contributed by atoms with van der Waals surface area (Å²) in [5.74, 6) is 0.566. The molecule has 0 unspecified atom stereocenters. The van der Waals surface area contributed by atoms with E-state index in [1.165, 1.54) is 0 Å². The third kappa shape index (κ3) is 3.16. The van der Waals surface area contributed by atoms with Gasteiger partial charge in [-0.15, -0.1) is 5.10 Å². The molecule has 128 valence electrons. The Morgan fingerprint density at radius 2 is 2.20 bits per heavy atom. The zero-order chi connectivity index (χ0) is 17.2. The molecule has 1 aliphatic rings. The summed E-state index contributed by atoms with van der Waals surface area (Å²) in [6.07, 6.45) is 1.84. The number of benzene rings is 1. The Balaban J connectivity index is 1.51. The molecule has 1 atom stereocenters. The zero-order valence-corrected chi connectivity index (χ0v) is 13.8. The fourth-order valence-corrected chi connectivity index (χ4v) is 2.86. The van der Waals surface area contributed by atoms with E-state index in [-0.39, 0.29) is 18.0 Å². The van der Waals surface area contributed by atoms with Crippen LogP contribution in [0.2, 0.25) is 0 Å². The minimum absolute atomic E-state index is 0.0699. The lowest BCUT2D eigenvalue weighted by Gasteiger charge is -2.03. The lowest BCUT2D eigenvalue weighted by Crippen LogP contribution is -2.17. The first kappa shape index (κ1) is 15.5. The van der Waals surface area contributed by atoms with E-state index >= 15 is 0 Å². The van der Waals surface area contributed by atoms with E-state index in [9.17, 15) is 4.79 Å². The average Bonchev–Trinajstić information content (AvgIpc) is 3.35. The van der Waals surface area contributed by atoms with E-state index in [0.717, 1.165) is 30.7 Å². The van der Waals surface area contributed by atoms with Crippen molar-refractivity contribution in [1.29, 1.82) is 0 Å². The molecule has 3 heterocycles. The number of rotatable bonds is 4. The Labute approximate surface area is 144 Å². The van der Waals surface area contributed by atoms with E-state index in [1.54, 1.807) is 17.8 Å². The van der Waals surface area contributed by atoms with Crippen LogP contribution in [0.5, 0.6) is 0 Å². The van der Waals surface area contributed by atoms with Crippen molar-refractivity contribution in [3.05, 3.63) is 47.9 Å². The number of anilines is 1. The van der Waals surface area contributed by atoms with Gasteiger partial charge in [-0.1, -0.05) is 30.3 Å². The van der Waals surface area contributed by atoms with Gasteiger partial charge >= 0.3 is 0 Å². The second-order valence-electron chi connectivity index (χ2n) is 5.90. The minimum Gasteiger partial charge on any atom is -0.370 e. The Morgan fingerprint density at radius 3 is 2.96 bits per heavy atom. The first-order valence-corrected chi connectivity index (χ1v) is 8.15. The topological polar surface area (TPSA) is 97.7 Å². The maximum atomic E-state index is 12.5. The van der Waals surface area contributed by atoms with Crippen LogP contribution >= 0.6 is 0 Å². The van der Waals surface area contributed by atoms with E-state index in [4.69, 9.17) is 4.74 Å². The number of aryl methyl sites for hydroxylation is 1. The van der Waals surface area contributed by atoms with Gasteiger partial charge in [0.05, 0.1) is 5.69 Å². The minimum atomic E-state index is -0.310. The molecule has 0 spiro atoms. The van der Waals surface area contributed by atoms with Crippen LogP contribution in [0.15, 0.2) is 36.4 Å². The van der Waals surface area contributed by atoms with Gasteiger partial charge in [-0.2, -0.15) is 10.1 Å². The molecule has 0 saturated carbocycles. The standard InChI is InChI=1S/C17H18N6O2/c1-23-13(10-12(22-23)11-6-3-2-4-7-11)16(24)19-17-18-15(20-21-17)14-8-5-9-25-14/h2-4,6-7,10,14H,5,8-9H2,1H3,(H2,18,19,20,21,24)/t14-/m0/s1. The number of ether oxygens (including phenoxy) is 1. The number of amides is 1. The van der Waals surface area contributed by atoms with E-state index in [1.807, 2.05) is 30.3 Å². The molecular formula is C17H18N6O2. The molecule has 0 radical (unpaired) electrons. The second-order valence-corrected chi connectivity index (χ2v) is 5.90. The summed E-state index contributed by atoms with van der Waals surface area (Å²) in [4.78, 5) is 16.8. The Kier molecular flexibility index (Phi) is 4.02. The highest BCUT2D eigenvalue weighted by molar-refractivity contribution is 6.02. The van der Waals surface area contributed by atoms with Crippen LogP contribution in [0.3, 0.4) is 0 Å². The molecule has 1 amide bonds. The highest BCUT2D eigenvalue weighted by Gasteiger charge is 2.22. The molecule has 2 aromatic heterocycles. The Bertz CT molecular complexity index is 880. The summed E-state index contributed by atoms with van der Waals surface area (Å²) >= 11 is 0. The monoisotopic (exact) mass is 338 g/mol. The van der Waals surface area contributed by atoms with Crippen LogP contribution < -0.4 is 5.32 Å². The quantitative estimate of drug-likeness (QED) is 0.761. The van der Waals surface area contributed by atoms with E-state index < -0.39 is 0 Å². The number of aromatic amines is 1. The molecule has 0 bridgehead atoms. The van der Waals surface area contributed by atoms with Crippen molar-refractivity contribution in [2.75, 3.05) is 11.9 Å². The summed E-state index contributed by atoms with van der Waals surface area (Å²) in [5, 5.41) is 14.0. The lowest BCUT2D eigenvalue weighted by molar-refractivity contribution is 0.101. The predicted molar refractivity (Wildman–Crippen MR) is 90.9 cm³/mol. The van der Waals surface area contributed by atoms with Gasteiger partial charge < -0.3 is 4.74 Å². The Morgan fingerprint density at radius 1 is 1.36 bits per heavy atom. The van der Waals surface area contributed by atoms with Crippen LogP contribution in [0.1, 0.15) is 35.3 Å². The number of carbonyl (C=O) groups is 1. The maximum absolute atomic E-state index is 12.5. The largest absolute Gasteiger partial charge is 0.370 e. The fourth-order valence-electron chi connectivity index (χ4n) is 2.86. The summed E-state index contributed by atoms with van der Waals surface area (Å²) in [6, 6.07) is 11.5. The number of aromatic nitrogens is 5. The van der Waals surface area contributed by atoms with Crippen LogP contribution in [-0.4, -0.2) is 37.5 Å². The highest BCUT2D eigenvalue weighted by atomic mass is 16.5. The van der Waals surface area contributed by atoms with Gasteiger partial charge in [-0.3, -0.25) is 19.9 Å². The van der Waals surface area contributed by atoms with Crippen molar-refractivity contribution >= 4 is 11.9 Å². The number of nitrogens with zero attached hydrogens (tertiary/aromatic N) is 4. The lowest BCUT2D eigenvalue weighted by atomic mass is 10.1. The molecule has 1 fully saturated rings. The summed E-state index contributed by atoms with van der Waals surface area (Å²) < 4.78 is 7.10. The van der Waals surface area contributed by atoms with Crippen LogP contribution in [-0.2, 0) is 11.8 Å². The first-order valence-electron chi connectivity index (χ1n) is 8.15. The predicted octanol–water partition coefficient (Wildman–Crippen LogP) is 2.31. The maximum Gasteiger partial charge on any atom is 0.276 e. The molecule has 1 saturated heterocycles. The van der Waals surface area contributed by atoms with Crippen molar-refractivity contribution < 1.29 is 9.53 Å². The van der Waals surface area contributed by atoms with Crippen molar-refractivity contribution in [1.82, 2.24) is 25.0 Å². The van der Waals surface area contributed by atoms with Gasteiger partial charge in [0.1, 0.15) is 11.8 Å². The van der Waals surface area contributed by atoms with Gasteiger partial charge in [0, 0.05) is 19.2 Å². The highest BCUT2D eigenvalue weighted by Crippen LogP contribution is 2.26. The van der Waals surface area contributed by atoms with E-state index in [0.29, 0.717) is 11.5 Å². The number of nitrogens with one attached hydrogen (secondary N) is 2. The second kappa shape index (κ2) is 6.48. The van der Waals surface area contributed by atoms with Crippen molar-refractivity contribution in [2.24, 2.45) is 7.05 Å². The smallest absolute Gasteiger partial charge is 0.276 e. The average molecular weight is 338 g/mol. The molecule has 1 aromatic carbocycles. The normalized spacial score (nSPS) is 16.9. The molecular weight excluding hydrogens is 320 g/mol. The first-order chi connectivity index (χ1) is 12.2. The SMILES string of the molecule is Cn1nc(-c2ccccc2)cc1C(=O)Nc1n[nH]c([C@@H]2CCCO2)n1. The van der Waals surface area contributed by atoms with Crippen molar-refractivity contribution in [2.45, 2.75) is 18.9 Å². The number of H-pyrrole nitrogens is 1. The summed E-state index contributed by atoms with van der Waals surface area (Å²) in [5.41, 5.74) is 2.13. The van der Waals surface area contributed by atoms with E-state index in [2.05, 4.69) is 25.6 Å². The van der Waals surface area contributed by atoms with Gasteiger partial charge in [-0.05, 0) is 18.9 Å². The van der Waals surface area contributed by atoms with Crippen LogP contribution in [0.4, 0.5) is 5.95 Å². The Hall–Kier alpha value is -3.00. The van der Waals surface area contributed by atoms with Gasteiger partial charge in [-0.25, -0.2) is 0 Å². The van der Waals surface area contributed by atoms with Gasteiger partial charge in [0.25, 0.3) is 5.91 Å². The molecule has 8 nitrogen and oxygen atoms in total. The van der Waals surface area contributed by atoms with Crippen molar-refractivity contribution in [3.8, 4) is 11.3 Å². The molecule has 4 rings (SSSR count). The third-order valence-corrected chi connectivity index (χ3v) is 4.14. The fraction of sp³-hybridized carbons (Fsp3) is 0.294.